The first-order chi connectivity index (χ1) is 14.1. The average Bonchev–Trinajstić information content (AvgIpc) is 3.09. The van der Waals surface area contributed by atoms with Crippen LogP contribution in [0.3, 0.4) is 0 Å². The molecule has 0 aliphatic carbocycles. The van der Waals surface area contributed by atoms with E-state index in [-0.39, 0.29) is 0 Å². The van der Waals surface area contributed by atoms with Crippen LogP contribution in [0.2, 0.25) is 0 Å². The molecule has 2 aromatic carbocycles. The Bertz CT molecular complexity index is 1070. The molecule has 8 heteroatoms. The molecule has 0 aliphatic heterocycles. The van der Waals surface area contributed by atoms with Crippen molar-refractivity contribution in [3.63, 3.8) is 0 Å². The van der Waals surface area contributed by atoms with Crippen molar-refractivity contribution in [2.45, 2.75) is 13.5 Å². The molecule has 0 N–H and O–H groups in total. The summed E-state index contributed by atoms with van der Waals surface area (Å²) in [7, 11) is 4.70. The molecule has 0 atom stereocenters. The van der Waals surface area contributed by atoms with Crippen LogP contribution in [0.4, 0.5) is 0 Å². The number of aromatic nitrogens is 1. The maximum Gasteiger partial charge on any atom is 0.283 e. The van der Waals surface area contributed by atoms with Crippen molar-refractivity contribution in [3.05, 3.63) is 46.8 Å². The van der Waals surface area contributed by atoms with Gasteiger partial charge in [0.2, 0.25) is 0 Å². The third-order valence-corrected chi connectivity index (χ3v) is 5.43. The van der Waals surface area contributed by atoms with E-state index in [2.05, 4.69) is 4.99 Å². The van der Waals surface area contributed by atoms with Crippen molar-refractivity contribution in [1.29, 1.82) is 0 Å². The predicted octanol–water partition coefficient (Wildman–Crippen LogP) is 3.51. The number of carbonyl (C=O) groups is 1. The highest BCUT2D eigenvalue weighted by atomic mass is 32.1. The Morgan fingerprint density at radius 3 is 2.45 bits per heavy atom. The zero-order valence-electron chi connectivity index (χ0n) is 16.9. The van der Waals surface area contributed by atoms with Crippen molar-refractivity contribution in [3.8, 4) is 17.2 Å². The summed E-state index contributed by atoms with van der Waals surface area (Å²) in [5, 5.41) is 0. The summed E-state index contributed by atoms with van der Waals surface area (Å²) in [5.41, 5.74) is 1.32. The monoisotopic (exact) mass is 416 g/mol. The summed E-state index contributed by atoms with van der Waals surface area (Å²) in [6, 6.07) is 10.9. The lowest BCUT2D eigenvalue weighted by atomic mass is 10.2. The normalized spacial score (nSPS) is 11.7. The van der Waals surface area contributed by atoms with Gasteiger partial charge in [0.15, 0.2) is 4.80 Å². The van der Waals surface area contributed by atoms with Crippen LogP contribution in [0, 0.1) is 0 Å². The second kappa shape index (κ2) is 9.58. The largest absolute Gasteiger partial charge is 0.497 e. The summed E-state index contributed by atoms with van der Waals surface area (Å²) >= 11 is 1.43. The number of benzene rings is 2. The maximum atomic E-state index is 13.0. The van der Waals surface area contributed by atoms with E-state index in [1.807, 2.05) is 29.7 Å². The van der Waals surface area contributed by atoms with Gasteiger partial charge in [-0.1, -0.05) is 11.3 Å². The van der Waals surface area contributed by atoms with Crippen molar-refractivity contribution < 1.29 is 23.7 Å². The predicted molar refractivity (Wildman–Crippen MR) is 112 cm³/mol. The molecule has 0 unspecified atom stereocenters. The number of hydrogen-bond acceptors (Lipinski definition) is 6. The first-order valence-corrected chi connectivity index (χ1v) is 9.99. The Balaban J connectivity index is 2.10. The molecule has 1 aromatic heterocycles. The Morgan fingerprint density at radius 2 is 1.76 bits per heavy atom. The quantitative estimate of drug-likeness (QED) is 0.526. The van der Waals surface area contributed by atoms with E-state index in [1.54, 1.807) is 32.4 Å². The molecule has 7 nitrogen and oxygen atoms in total. The topological polar surface area (TPSA) is 71.3 Å². The van der Waals surface area contributed by atoms with Crippen molar-refractivity contribution >= 4 is 27.5 Å². The molecule has 0 aliphatic rings. The lowest BCUT2D eigenvalue weighted by Crippen LogP contribution is -2.20. The van der Waals surface area contributed by atoms with Crippen LogP contribution in [0.25, 0.3) is 10.2 Å². The first kappa shape index (κ1) is 20.9. The molecule has 0 radical (unpaired) electrons. The van der Waals surface area contributed by atoms with Crippen LogP contribution >= 0.6 is 11.3 Å². The lowest BCUT2D eigenvalue weighted by molar-refractivity contribution is 0.0993. The summed E-state index contributed by atoms with van der Waals surface area (Å²) < 4.78 is 24.4. The van der Waals surface area contributed by atoms with E-state index in [9.17, 15) is 4.79 Å². The number of thiazole rings is 1. The summed E-state index contributed by atoms with van der Waals surface area (Å²) in [5.74, 6) is 1.37. The number of amides is 1. The van der Waals surface area contributed by atoms with E-state index in [4.69, 9.17) is 18.9 Å². The van der Waals surface area contributed by atoms with Gasteiger partial charge in [0.25, 0.3) is 5.91 Å². The summed E-state index contributed by atoms with van der Waals surface area (Å²) in [6.07, 6.45) is 0. The minimum Gasteiger partial charge on any atom is -0.497 e. The molecule has 3 aromatic rings. The summed E-state index contributed by atoms with van der Waals surface area (Å²) in [6.45, 7) is 3.69. The van der Waals surface area contributed by atoms with E-state index in [1.165, 1.54) is 18.4 Å². The Hall–Kier alpha value is -2.84. The van der Waals surface area contributed by atoms with Gasteiger partial charge >= 0.3 is 0 Å². The van der Waals surface area contributed by atoms with Crippen LogP contribution in [-0.2, 0) is 11.3 Å². The van der Waals surface area contributed by atoms with Crippen LogP contribution in [0.1, 0.15) is 17.3 Å². The standard InChI is InChI=1S/C21H24N2O5S/c1-5-28-11-10-23-17-8-6-15(26-3)13-19(17)29-21(23)22-20(24)16-12-14(25-2)7-9-18(16)27-4/h6-9,12-13H,5,10-11H2,1-4H3. The van der Waals surface area contributed by atoms with E-state index in [0.717, 1.165) is 16.0 Å². The van der Waals surface area contributed by atoms with Gasteiger partial charge in [-0.3, -0.25) is 4.79 Å². The molecule has 0 saturated carbocycles. The second-order valence-corrected chi connectivity index (χ2v) is 7.06. The molecular weight excluding hydrogens is 392 g/mol. The van der Waals surface area contributed by atoms with Crippen LogP contribution in [-0.4, -0.2) is 45.0 Å². The second-order valence-electron chi connectivity index (χ2n) is 6.05. The van der Waals surface area contributed by atoms with Gasteiger partial charge < -0.3 is 23.5 Å². The molecule has 29 heavy (non-hydrogen) atoms. The molecule has 0 spiro atoms. The molecule has 0 bridgehead atoms. The third-order valence-electron chi connectivity index (χ3n) is 4.39. The minimum absolute atomic E-state index is 0.346. The van der Waals surface area contributed by atoms with Gasteiger partial charge in [-0.05, 0) is 43.3 Å². The molecular formula is C21H24N2O5S. The van der Waals surface area contributed by atoms with Crippen molar-refractivity contribution in [2.24, 2.45) is 4.99 Å². The van der Waals surface area contributed by atoms with Gasteiger partial charge in [0.05, 0.1) is 43.7 Å². The highest BCUT2D eigenvalue weighted by Crippen LogP contribution is 2.26. The molecule has 1 heterocycles. The van der Waals surface area contributed by atoms with Crippen LogP contribution in [0.5, 0.6) is 17.2 Å². The zero-order valence-corrected chi connectivity index (χ0v) is 17.7. The van der Waals surface area contributed by atoms with Gasteiger partial charge in [0, 0.05) is 13.2 Å². The minimum atomic E-state index is -0.399. The fraction of sp³-hybridized carbons (Fsp3) is 0.333. The molecule has 0 saturated heterocycles. The van der Waals surface area contributed by atoms with Gasteiger partial charge in [-0.2, -0.15) is 4.99 Å². The van der Waals surface area contributed by atoms with Crippen LogP contribution < -0.4 is 19.0 Å². The molecule has 1 amide bonds. The smallest absolute Gasteiger partial charge is 0.283 e. The Morgan fingerprint density at radius 1 is 1.03 bits per heavy atom. The third kappa shape index (κ3) is 4.60. The molecule has 0 fully saturated rings. The molecule has 3 rings (SSSR count). The Labute approximate surface area is 173 Å². The lowest BCUT2D eigenvalue weighted by Gasteiger charge is -2.08. The van der Waals surface area contributed by atoms with Gasteiger partial charge in [-0.25, -0.2) is 0 Å². The zero-order chi connectivity index (χ0) is 20.8. The van der Waals surface area contributed by atoms with E-state index < -0.39 is 5.91 Å². The van der Waals surface area contributed by atoms with E-state index >= 15 is 0 Å². The molecule has 154 valence electrons. The summed E-state index contributed by atoms with van der Waals surface area (Å²) in [4.78, 5) is 18.0. The van der Waals surface area contributed by atoms with E-state index in [0.29, 0.717) is 41.6 Å². The number of hydrogen-bond donors (Lipinski definition) is 0. The first-order valence-electron chi connectivity index (χ1n) is 9.17. The van der Waals surface area contributed by atoms with Gasteiger partial charge in [-0.15, -0.1) is 0 Å². The number of rotatable bonds is 8. The SMILES string of the molecule is CCOCCn1c(=NC(=O)c2cc(OC)ccc2OC)sc2cc(OC)ccc21. The van der Waals surface area contributed by atoms with Crippen molar-refractivity contribution in [2.75, 3.05) is 34.5 Å². The highest BCUT2D eigenvalue weighted by molar-refractivity contribution is 7.16. The fourth-order valence-corrected chi connectivity index (χ4v) is 3.99. The number of carbonyl (C=O) groups excluding carboxylic acids is 1. The highest BCUT2D eigenvalue weighted by Gasteiger charge is 2.15. The number of ether oxygens (including phenoxy) is 4. The average molecular weight is 416 g/mol. The van der Waals surface area contributed by atoms with Crippen molar-refractivity contribution in [1.82, 2.24) is 4.57 Å². The Kier molecular flexibility index (Phi) is 6.90. The maximum absolute atomic E-state index is 13.0. The van der Waals surface area contributed by atoms with Crippen LogP contribution in [0.15, 0.2) is 41.4 Å². The number of methoxy groups -OCH3 is 3. The number of nitrogens with zero attached hydrogens (tertiary/aromatic N) is 2. The van der Waals surface area contributed by atoms with Gasteiger partial charge in [0.1, 0.15) is 17.2 Å². The fourth-order valence-electron chi connectivity index (χ4n) is 2.91. The number of fused-ring (bicyclic) bond motifs is 1.